The summed E-state index contributed by atoms with van der Waals surface area (Å²) in [5, 5.41) is 0. The topological polar surface area (TPSA) is 34.1 Å². The molecule has 21 heavy (non-hydrogen) atoms. The van der Waals surface area contributed by atoms with Crippen molar-refractivity contribution in [2.45, 2.75) is 59.3 Å². The molecule has 1 aliphatic carbocycles. The van der Waals surface area contributed by atoms with Gasteiger partial charge in [0.15, 0.2) is 0 Å². The molecule has 0 aliphatic heterocycles. The lowest BCUT2D eigenvalue weighted by Crippen LogP contribution is -2.40. The third-order valence-electron chi connectivity index (χ3n) is 4.51. The fraction of sp³-hybridized carbons (Fsp3) is 0.474. The average molecular weight is 284 g/mol. The van der Waals surface area contributed by atoms with Gasteiger partial charge in [0, 0.05) is 11.1 Å². The van der Waals surface area contributed by atoms with Crippen LogP contribution in [0.25, 0.3) is 0 Å². The van der Waals surface area contributed by atoms with Crippen LogP contribution in [0.4, 0.5) is 0 Å². The van der Waals surface area contributed by atoms with Gasteiger partial charge >= 0.3 is 0 Å². The van der Waals surface area contributed by atoms with E-state index in [9.17, 15) is 9.59 Å². The van der Waals surface area contributed by atoms with Gasteiger partial charge in [0.05, 0.1) is 0 Å². The molecule has 2 aromatic carbocycles. The number of benzene rings is 1. The van der Waals surface area contributed by atoms with Crippen molar-refractivity contribution in [1.82, 2.24) is 0 Å². The van der Waals surface area contributed by atoms with Crippen LogP contribution >= 0.6 is 0 Å². The van der Waals surface area contributed by atoms with E-state index in [2.05, 4.69) is 25.1 Å². The SMILES string of the molecule is CC.CCc1ccc2c(c1)CC(c1c(C)c(=O)c1=O)CC2. The van der Waals surface area contributed by atoms with Gasteiger partial charge in [-0.15, -0.1) is 0 Å². The molecular weight excluding hydrogens is 260 g/mol. The Hall–Kier alpha value is -1.70. The molecule has 1 atom stereocenters. The lowest BCUT2D eigenvalue weighted by Gasteiger charge is -2.26. The van der Waals surface area contributed by atoms with E-state index >= 15 is 0 Å². The van der Waals surface area contributed by atoms with Gasteiger partial charge in [-0.25, -0.2) is 0 Å². The molecule has 0 aromatic heterocycles. The Balaban J connectivity index is 0.000000774. The standard InChI is InChI=1S/C17H18O2.C2H6/c1-3-11-4-5-12-6-7-13(9-14(12)8-11)15-10(2)16(18)17(15)19;1-2/h4-5,8,13H,3,6-7,9H2,1-2H3;1-2H3. The minimum Gasteiger partial charge on any atom is -0.285 e. The van der Waals surface area contributed by atoms with E-state index in [-0.39, 0.29) is 16.8 Å². The molecule has 0 saturated carbocycles. The van der Waals surface area contributed by atoms with Crippen molar-refractivity contribution in [1.29, 1.82) is 0 Å². The first kappa shape index (κ1) is 15.7. The first-order valence-electron chi connectivity index (χ1n) is 8.02. The summed E-state index contributed by atoms with van der Waals surface area (Å²) in [4.78, 5) is 23.1. The van der Waals surface area contributed by atoms with E-state index in [1.165, 1.54) is 16.7 Å². The van der Waals surface area contributed by atoms with Crippen LogP contribution in [0.3, 0.4) is 0 Å². The molecule has 2 aromatic rings. The highest BCUT2D eigenvalue weighted by Crippen LogP contribution is 2.33. The number of fused-ring (bicyclic) bond motifs is 1. The molecule has 2 heteroatoms. The number of rotatable bonds is 2. The molecule has 0 radical (unpaired) electrons. The maximum Gasteiger partial charge on any atom is 0.229 e. The number of aryl methyl sites for hydroxylation is 2. The Morgan fingerprint density at radius 3 is 2.43 bits per heavy atom. The summed E-state index contributed by atoms with van der Waals surface area (Å²) < 4.78 is 0. The van der Waals surface area contributed by atoms with E-state index in [0.29, 0.717) is 5.56 Å². The van der Waals surface area contributed by atoms with Crippen LogP contribution in [-0.2, 0) is 19.3 Å². The van der Waals surface area contributed by atoms with Gasteiger partial charge in [-0.3, -0.25) is 9.59 Å². The largest absolute Gasteiger partial charge is 0.285 e. The third-order valence-corrected chi connectivity index (χ3v) is 4.51. The molecule has 0 bridgehead atoms. The second kappa shape index (κ2) is 6.38. The lowest BCUT2D eigenvalue weighted by molar-refractivity contribution is 0.573. The maximum absolute atomic E-state index is 11.7. The fourth-order valence-electron chi connectivity index (χ4n) is 3.29. The normalized spacial score (nSPS) is 17.0. The van der Waals surface area contributed by atoms with Crippen LogP contribution in [0.1, 0.15) is 60.9 Å². The summed E-state index contributed by atoms with van der Waals surface area (Å²) in [7, 11) is 0. The predicted molar refractivity (Wildman–Crippen MR) is 88.0 cm³/mol. The third kappa shape index (κ3) is 2.72. The van der Waals surface area contributed by atoms with Gasteiger partial charge in [-0.1, -0.05) is 39.0 Å². The van der Waals surface area contributed by atoms with Crippen LogP contribution in [0.5, 0.6) is 0 Å². The second-order valence-corrected chi connectivity index (χ2v) is 5.59. The average Bonchev–Trinajstić information content (AvgIpc) is 2.55. The maximum atomic E-state index is 11.7. The lowest BCUT2D eigenvalue weighted by atomic mass is 9.76. The van der Waals surface area contributed by atoms with Gasteiger partial charge in [0.2, 0.25) is 10.9 Å². The molecule has 0 spiro atoms. The van der Waals surface area contributed by atoms with Crippen molar-refractivity contribution in [2.75, 3.05) is 0 Å². The zero-order valence-corrected chi connectivity index (χ0v) is 13.5. The summed E-state index contributed by atoms with van der Waals surface area (Å²) in [5.41, 5.74) is 5.11. The van der Waals surface area contributed by atoms with Crippen molar-refractivity contribution in [2.24, 2.45) is 0 Å². The Morgan fingerprint density at radius 2 is 1.81 bits per heavy atom. The van der Waals surface area contributed by atoms with Crippen molar-refractivity contribution in [3.8, 4) is 0 Å². The summed E-state index contributed by atoms with van der Waals surface area (Å²) in [6.45, 7) is 7.94. The van der Waals surface area contributed by atoms with Crippen LogP contribution in [-0.4, -0.2) is 0 Å². The minimum atomic E-state index is -0.275. The Bertz CT molecular complexity index is 703. The van der Waals surface area contributed by atoms with E-state index in [0.717, 1.165) is 31.2 Å². The molecule has 0 heterocycles. The minimum absolute atomic E-state index is 0.238. The van der Waals surface area contributed by atoms with E-state index < -0.39 is 0 Å². The molecule has 3 rings (SSSR count). The van der Waals surface area contributed by atoms with Crippen molar-refractivity contribution < 1.29 is 0 Å². The molecule has 0 N–H and O–H groups in total. The Morgan fingerprint density at radius 1 is 1.10 bits per heavy atom. The summed E-state index contributed by atoms with van der Waals surface area (Å²) in [6, 6.07) is 6.68. The van der Waals surface area contributed by atoms with E-state index in [1.54, 1.807) is 6.92 Å². The van der Waals surface area contributed by atoms with Gasteiger partial charge < -0.3 is 0 Å². The zero-order valence-electron chi connectivity index (χ0n) is 13.5. The smallest absolute Gasteiger partial charge is 0.229 e. The second-order valence-electron chi connectivity index (χ2n) is 5.59. The molecule has 0 fully saturated rings. The molecular formula is C19H24O2. The van der Waals surface area contributed by atoms with Crippen molar-refractivity contribution in [3.05, 3.63) is 66.5 Å². The van der Waals surface area contributed by atoms with Crippen molar-refractivity contribution >= 4 is 0 Å². The zero-order chi connectivity index (χ0) is 15.6. The fourth-order valence-corrected chi connectivity index (χ4v) is 3.29. The Kier molecular flexibility index (Phi) is 4.76. The highest BCUT2D eigenvalue weighted by atomic mass is 16.2. The van der Waals surface area contributed by atoms with Gasteiger partial charge in [0.25, 0.3) is 0 Å². The van der Waals surface area contributed by atoms with Crippen LogP contribution in [0.2, 0.25) is 0 Å². The quantitative estimate of drug-likeness (QED) is 0.792. The molecule has 1 aliphatic rings. The molecule has 1 unspecified atom stereocenters. The Labute approximate surface area is 126 Å². The summed E-state index contributed by atoms with van der Waals surface area (Å²) >= 11 is 0. The highest BCUT2D eigenvalue weighted by molar-refractivity contribution is 5.41. The molecule has 2 nitrogen and oxygen atoms in total. The van der Waals surface area contributed by atoms with Gasteiger partial charge in [-0.2, -0.15) is 0 Å². The van der Waals surface area contributed by atoms with Crippen LogP contribution < -0.4 is 10.9 Å². The summed E-state index contributed by atoms with van der Waals surface area (Å²) in [5.74, 6) is 0.254. The van der Waals surface area contributed by atoms with Gasteiger partial charge in [-0.05, 0) is 55.2 Å². The predicted octanol–water partition coefficient (Wildman–Crippen LogP) is 3.45. The van der Waals surface area contributed by atoms with E-state index in [1.807, 2.05) is 13.8 Å². The monoisotopic (exact) mass is 284 g/mol. The molecule has 112 valence electrons. The van der Waals surface area contributed by atoms with Crippen molar-refractivity contribution in [3.63, 3.8) is 0 Å². The number of hydrogen-bond donors (Lipinski definition) is 0. The van der Waals surface area contributed by atoms with Gasteiger partial charge in [0.1, 0.15) is 0 Å². The number of hydrogen-bond acceptors (Lipinski definition) is 2. The summed E-state index contributed by atoms with van der Waals surface area (Å²) in [6.07, 6.45) is 3.96. The molecule has 0 saturated heterocycles. The molecule has 0 amide bonds. The highest BCUT2D eigenvalue weighted by Gasteiger charge is 2.28. The first-order chi connectivity index (χ1) is 10.1. The van der Waals surface area contributed by atoms with Crippen LogP contribution in [0, 0.1) is 6.92 Å². The first-order valence-corrected chi connectivity index (χ1v) is 8.02. The van der Waals surface area contributed by atoms with Crippen LogP contribution in [0.15, 0.2) is 27.8 Å². The van der Waals surface area contributed by atoms with E-state index in [4.69, 9.17) is 0 Å².